The molecule has 0 aromatic heterocycles. The zero-order valence-corrected chi connectivity index (χ0v) is 16.3. The van der Waals surface area contributed by atoms with Crippen molar-refractivity contribution in [1.29, 1.82) is 5.26 Å². The molecule has 1 fully saturated rings. The molecule has 1 atom stereocenters. The van der Waals surface area contributed by atoms with Crippen LogP contribution in [0.5, 0.6) is 0 Å². The van der Waals surface area contributed by atoms with Crippen LogP contribution in [0.2, 0.25) is 0 Å². The molecule has 0 spiro atoms. The average Bonchev–Trinajstić information content (AvgIpc) is 3.21. The van der Waals surface area contributed by atoms with Crippen molar-refractivity contribution in [2.75, 3.05) is 24.6 Å². The van der Waals surface area contributed by atoms with E-state index < -0.39 is 16.8 Å². The van der Waals surface area contributed by atoms with Gasteiger partial charge in [0.25, 0.3) is 5.69 Å². The molecule has 0 aliphatic carbocycles. The molecule has 9 heteroatoms. The van der Waals surface area contributed by atoms with Gasteiger partial charge in [-0.2, -0.15) is 5.26 Å². The van der Waals surface area contributed by atoms with Gasteiger partial charge in [-0.3, -0.25) is 10.1 Å². The number of nitro groups is 1. The second-order valence-corrected chi connectivity index (χ2v) is 6.81. The summed E-state index contributed by atoms with van der Waals surface area (Å²) in [5.41, 5.74) is 7.16. The predicted molar refractivity (Wildman–Crippen MR) is 105 cm³/mol. The second-order valence-electron chi connectivity index (χ2n) is 6.81. The maximum absolute atomic E-state index is 12.7. The zero-order valence-electron chi connectivity index (χ0n) is 16.3. The standard InChI is InChI=1S/C20H22N4O5/c1-3-28-20(25)17-12(2)29-19(22)15(11-21)18(17)14-10-13(24(26)27)6-7-16(14)23-8-4-5-9-23/h6-7,10,18H,3-5,8-9,22H2,1-2H3. The molecular weight excluding hydrogens is 376 g/mol. The lowest BCUT2D eigenvalue weighted by molar-refractivity contribution is -0.384. The first kappa shape index (κ1) is 20.2. The molecule has 0 radical (unpaired) electrons. The summed E-state index contributed by atoms with van der Waals surface area (Å²) in [6.07, 6.45) is 1.99. The van der Waals surface area contributed by atoms with Crippen LogP contribution in [0, 0.1) is 21.4 Å². The number of nitriles is 1. The van der Waals surface area contributed by atoms with Crippen LogP contribution in [0.25, 0.3) is 0 Å². The quantitative estimate of drug-likeness (QED) is 0.455. The molecule has 3 rings (SSSR count). The highest BCUT2D eigenvalue weighted by molar-refractivity contribution is 5.93. The summed E-state index contributed by atoms with van der Waals surface area (Å²) in [5.74, 6) is -1.47. The van der Waals surface area contributed by atoms with Gasteiger partial charge in [0.05, 0.1) is 23.0 Å². The maximum atomic E-state index is 12.7. The highest BCUT2D eigenvalue weighted by atomic mass is 16.6. The number of nitro benzene ring substituents is 1. The number of allylic oxidation sites excluding steroid dienone is 2. The molecule has 2 aliphatic heterocycles. The van der Waals surface area contributed by atoms with E-state index in [-0.39, 0.29) is 35.1 Å². The number of anilines is 1. The van der Waals surface area contributed by atoms with Gasteiger partial charge in [0.1, 0.15) is 17.4 Å². The highest BCUT2D eigenvalue weighted by Gasteiger charge is 2.39. The number of benzene rings is 1. The largest absolute Gasteiger partial charge is 0.463 e. The molecule has 2 heterocycles. The molecule has 1 aromatic rings. The van der Waals surface area contributed by atoms with Gasteiger partial charge in [-0.25, -0.2) is 4.79 Å². The zero-order chi connectivity index (χ0) is 21.1. The number of hydrogen-bond acceptors (Lipinski definition) is 8. The van der Waals surface area contributed by atoms with Crippen LogP contribution in [-0.4, -0.2) is 30.6 Å². The van der Waals surface area contributed by atoms with Crippen molar-refractivity contribution in [2.24, 2.45) is 5.73 Å². The minimum absolute atomic E-state index is 0.0274. The summed E-state index contributed by atoms with van der Waals surface area (Å²) in [5, 5.41) is 21.2. The first-order valence-corrected chi connectivity index (χ1v) is 9.37. The first-order chi connectivity index (χ1) is 13.9. The van der Waals surface area contributed by atoms with Gasteiger partial charge in [-0.15, -0.1) is 0 Å². The van der Waals surface area contributed by atoms with Gasteiger partial charge in [-0.05, 0) is 38.3 Å². The lowest BCUT2D eigenvalue weighted by Gasteiger charge is -2.30. The normalized spacial score (nSPS) is 19.1. The lowest BCUT2D eigenvalue weighted by Crippen LogP contribution is -2.28. The SMILES string of the molecule is CCOC(=O)C1=C(C)OC(N)=C(C#N)C1c1cc([N+](=O)[O-])ccc1N1CCCC1. The Hall–Kier alpha value is -3.54. The van der Waals surface area contributed by atoms with Crippen molar-refractivity contribution in [1.82, 2.24) is 0 Å². The van der Waals surface area contributed by atoms with Gasteiger partial charge in [0, 0.05) is 30.9 Å². The Kier molecular flexibility index (Phi) is 5.73. The Balaban J connectivity index is 2.26. The molecule has 2 N–H and O–H groups in total. The number of rotatable bonds is 5. The molecule has 29 heavy (non-hydrogen) atoms. The third-order valence-corrected chi connectivity index (χ3v) is 5.08. The van der Waals surface area contributed by atoms with Crippen molar-refractivity contribution in [3.05, 3.63) is 56.7 Å². The van der Waals surface area contributed by atoms with E-state index in [2.05, 4.69) is 4.90 Å². The van der Waals surface area contributed by atoms with Gasteiger partial charge >= 0.3 is 5.97 Å². The van der Waals surface area contributed by atoms with E-state index in [0.717, 1.165) is 31.6 Å². The predicted octanol–water partition coefficient (Wildman–Crippen LogP) is 2.84. The Morgan fingerprint density at radius 3 is 2.72 bits per heavy atom. The molecule has 0 saturated carbocycles. The summed E-state index contributed by atoms with van der Waals surface area (Å²) in [6.45, 7) is 4.94. The summed E-state index contributed by atoms with van der Waals surface area (Å²) < 4.78 is 10.6. The molecule has 2 aliphatic rings. The van der Waals surface area contributed by atoms with Crippen molar-refractivity contribution < 1.29 is 19.2 Å². The number of carbonyl (C=O) groups excluding carboxylic acids is 1. The van der Waals surface area contributed by atoms with Crippen LogP contribution in [0.15, 0.2) is 41.0 Å². The minimum atomic E-state index is -0.914. The van der Waals surface area contributed by atoms with E-state index in [0.29, 0.717) is 5.56 Å². The second kappa shape index (κ2) is 8.22. The van der Waals surface area contributed by atoms with Crippen LogP contribution in [0.1, 0.15) is 38.2 Å². The summed E-state index contributed by atoms with van der Waals surface area (Å²) in [7, 11) is 0. The number of nitrogens with zero attached hydrogens (tertiary/aromatic N) is 3. The third-order valence-electron chi connectivity index (χ3n) is 5.08. The molecule has 152 valence electrons. The number of carbonyl (C=O) groups is 1. The monoisotopic (exact) mass is 398 g/mol. The van der Waals surface area contributed by atoms with Gasteiger partial charge in [-0.1, -0.05) is 0 Å². The Morgan fingerprint density at radius 1 is 1.45 bits per heavy atom. The van der Waals surface area contributed by atoms with Crippen LogP contribution in [0.4, 0.5) is 11.4 Å². The summed E-state index contributed by atoms with van der Waals surface area (Å²) in [6, 6.07) is 6.51. The van der Waals surface area contributed by atoms with Crippen LogP contribution in [-0.2, 0) is 14.3 Å². The molecule has 1 saturated heterocycles. The van der Waals surface area contributed by atoms with Gasteiger partial charge < -0.3 is 20.1 Å². The summed E-state index contributed by atoms with van der Waals surface area (Å²) >= 11 is 0. The van der Waals surface area contributed by atoms with E-state index in [1.807, 2.05) is 6.07 Å². The lowest BCUT2D eigenvalue weighted by atomic mass is 9.81. The molecule has 1 aromatic carbocycles. The Morgan fingerprint density at radius 2 is 2.14 bits per heavy atom. The number of nitrogens with two attached hydrogens (primary N) is 1. The fourth-order valence-corrected chi connectivity index (χ4v) is 3.80. The van der Waals surface area contributed by atoms with E-state index >= 15 is 0 Å². The highest BCUT2D eigenvalue weighted by Crippen LogP contribution is 2.44. The molecule has 0 bridgehead atoms. The Bertz CT molecular complexity index is 954. The maximum Gasteiger partial charge on any atom is 0.338 e. The third kappa shape index (κ3) is 3.74. The van der Waals surface area contributed by atoms with Crippen molar-refractivity contribution >= 4 is 17.3 Å². The molecule has 1 unspecified atom stereocenters. The smallest absolute Gasteiger partial charge is 0.338 e. The summed E-state index contributed by atoms with van der Waals surface area (Å²) in [4.78, 5) is 25.8. The van der Waals surface area contributed by atoms with Crippen LogP contribution >= 0.6 is 0 Å². The number of ether oxygens (including phenoxy) is 2. The molecule has 9 nitrogen and oxygen atoms in total. The average molecular weight is 398 g/mol. The minimum Gasteiger partial charge on any atom is -0.463 e. The van der Waals surface area contributed by atoms with Crippen molar-refractivity contribution in [3.63, 3.8) is 0 Å². The molecule has 0 amide bonds. The first-order valence-electron chi connectivity index (χ1n) is 9.37. The topological polar surface area (TPSA) is 132 Å². The number of hydrogen-bond donors (Lipinski definition) is 1. The number of non-ortho nitro benzene ring substituents is 1. The Labute approximate surface area is 168 Å². The van der Waals surface area contributed by atoms with Gasteiger partial charge in [0.2, 0.25) is 5.88 Å². The molecular formula is C20H22N4O5. The van der Waals surface area contributed by atoms with Crippen molar-refractivity contribution in [3.8, 4) is 6.07 Å². The van der Waals surface area contributed by atoms with E-state index in [4.69, 9.17) is 15.2 Å². The van der Waals surface area contributed by atoms with E-state index in [9.17, 15) is 20.2 Å². The number of esters is 1. The van der Waals surface area contributed by atoms with E-state index in [1.165, 1.54) is 12.1 Å². The van der Waals surface area contributed by atoms with Crippen LogP contribution in [0.3, 0.4) is 0 Å². The van der Waals surface area contributed by atoms with E-state index in [1.54, 1.807) is 19.9 Å². The fraction of sp³-hybridized carbons (Fsp3) is 0.400. The van der Waals surface area contributed by atoms with Gasteiger partial charge in [0.15, 0.2) is 0 Å². The van der Waals surface area contributed by atoms with Crippen molar-refractivity contribution in [2.45, 2.75) is 32.6 Å². The van der Waals surface area contributed by atoms with Crippen LogP contribution < -0.4 is 10.6 Å². The fourth-order valence-electron chi connectivity index (χ4n) is 3.80.